The van der Waals surface area contributed by atoms with Crippen molar-refractivity contribution in [2.45, 2.75) is 44.6 Å². The first-order valence-corrected chi connectivity index (χ1v) is 7.25. The third kappa shape index (κ3) is 2.61. The molecule has 1 aromatic carbocycles. The smallest absolute Gasteiger partial charge is 0.227 e. The molecule has 20 heavy (non-hydrogen) atoms. The lowest BCUT2D eigenvalue weighted by molar-refractivity contribution is 0.345. The minimum atomic E-state index is 0.279. The van der Waals surface area contributed by atoms with Gasteiger partial charge in [-0.25, -0.2) is 0 Å². The fraction of sp³-hybridized carbons (Fsp3) is 0.500. The Morgan fingerprint density at radius 1 is 1.35 bits per heavy atom. The highest BCUT2D eigenvalue weighted by molar-refractivity contribution is 5.38. The molecule has 1 heterocycles. The Morgan fingerprint density at radius 3 is 3.00 bits per heavy atom. The minimum absolute atomic E-state index is 0.279. The van der Waals surface area contributed by atoms with Crippen LogP contribution in [0, 0.1) is 0 Å². The van der Waals surface area contributed by atoms with Gasteiger partial charge >= 0.3 is 0 Å². The number of rotatable bonds is 4. The van der Waals surface area contributed by atoms with Crippen LogP contribution >= 0.6 is 0 Å². The van der Waals surface area contributed by atoms with E-state index in [-0.39, 0.29) is 5.41 Å². The third-order valence-electron chi connectivity index (χ3n) is 4.26. The van der Waals surface area contributed by atoms with E-state index in [0.29, 0.717) is 11.9 Å². The molecule has 0 saturated carbocycles. The Morgan fingerprint density at radius 2 is 2.20 bits per heavy atom. The van der Waals surface area contributed by atoms with Gasteiger partial charge in [0.25, 0.3) is 0 Å². The van der Waals surface area contributed by atoms with E-state index in [1.807, 2.05) is 0 Å². The highest BCUT2D eigenvalue weighted by atomic mass is 16.5. The van der Waals surface area contributed by atoms with E-state index in [9.17, 15) is 0 Å². The molecule has 1 unspecified atom stereocenters. The summed E-state index contributed by atoms with van der Waals surface area (Å²) >= 11 is 0. The lowest BCUT2D eigenvalue weighted by Gasteiger charge is -2.37. The number of nitrogens with zero attached hydrogens (tertiary/aromatic N) is 2. The Kier molecular flexibility index (Phi) is 3.57. The molecule has 1 N–H and O–H groups in total. The van der Waals surface area contributed by atoms with E-state index in [1.165, 1.54) is 30.3 Å². The summed E-state index contributed by atoms with van der Waals surface area (Å²) in [5.41, 5.74) is 3.19. The molecule has 0 bridgehead atoms. The Bertz CT molecular complexity index is 563. The fourth-order valence-corrected chi connectivity index (χ4v) is 3.08. The van der Waals surface area contributed by atoms with E-state index in [4.69, 9.17) is 4.52 Å². The van der Waals surface area contributed by atoms with Gasteiger partial charge in [-0.2, -0.15) is 4.98 Å². The summed E-state index contributed by atoms with van der Waals surface area (Å²) < 4.78 is 5.02. The lowest BCUT2D eigenvalue weighted by atomic mass is 9.71. The lowest BCUT2D eigenvalue weighted by Crippen LogP contribution is -2.33. The SMILES string of the molecule is CC1(C)CCC(NCCc2ncno2)c2ccccc21. The van der Waals surface area contributed by atoms with Crippen molar-refractivity contribution in [1.82, 2.24) is 15.5 Å². The van der Waals surface area contributed by atoms with Gasteiger partial charge in [0, 0.05) is 19.0 Å². The number of benzene rings is 1. The molecule has 1 aliphatic rings. The van der Waals surface area contributed by atoms with Crippen LogP contribution in [0.1, 0.15) is 49.7 Å². The van der Waals surface area contributed by atoms with Crippen molar-refractivity contribution < 1.29 is 4.52 Å². The summed E-state index contributed by atoms with van der Waals surface area (Å²) in [5.74, 6) is 0.696. The topological polar surface area (TPSA) is 51.0 Å². The van der Waals surface area contributed by atoms with Crippen LogP contribution in [0.15, 0.2) is 35.1 Å². The second kappa shape index (κ2) is 5.37. The predicted octanol–water partition coefficient (Wildman–Crippen LogP) is 3.01. The summed E-state index contributed by atoms with van der Waals surface area (Å²) in [6.07, 6.45) is 4.62. The van der Waals surface area contributed by atoms with Gasteiger partial charge in [-0.3, -0.25) is 0 Å². The maximum atomic E-state index is 5.02. The van der Waals surface area contributed by atoms with Gasteiger partial charge in [0.2, 0.25) is 5.89 Å². The van der Waals surface area contributed by atoms with Crippen LogP contribution in [-0.2, 0) is 11.8 Å². The molecule has 0 saturated heterocycles. The zero-order chi connectivity index (χ0) is 14.0. The average Bonchev–Trinajstić information content (AvgIpc) is 2.95. The van der Waals surface area contributed by atoms with Crippen molar-refractivity contribution in [3.63, 3.8) is 0 Å². The van der Waals surface area contributed by atoms with E-state index in [1.54, 1.807) is 0 Å². The van der Waals surface area contributed by atoms with Crippen LogP contribution in [0.4, 0.5) is 0 Å². The second-order valence-electron chi connectivity index (χ2n) is 6.10. The van der Waals surface area contributed by atoms with Crippen molar-refractivity contribution in [1.29, 1.82) is 0 Å². The maximum Gasteiger partial charge on any atom is 0.227 e. The Balaban J connectivity index is 1.69. The fourth-order valence-electron chi connectivity index (χ4n) is 3.08. The molecule has 1 atom stereocenters. The van der Waals surface area contributed by atoms with E-state index in [0.717, 1.165) is 13.0 Å². The molecule has 0 spiro atoms. The monoisotopic (exact) mass is 271 g/mol. The molecular formula is C16H21N3O. The number of nitrogens with one attached hydrogen (secondary N) is 1. The molecular weight excluding hydrogens is 250 g/mol. The van der Waals surface area contributed by atoms with Gasteiger partial charge in [-0.1, -0.05) is 43.3 Å². The molecule has 0 radical (unpaired) electrons. The first kappa shape index (κ1) is 13.3. The van der Waals surface area contributed by atoms with Crippen LogP contribution < -0.4 is 5.32 Å². The van der Waals surface area contributed by atoms with Crippen molar-refractivity contribution in [2.75, 3.05) is 6.54 Å². The van der Waals surface area contributed by atoms with Crippen LogP contribution in [0.5, 0.6) is 0 Å². The van der Waals surface area contributed by atoms with E-state index in [2.05, 4.69) is 53.6 Å². The maximum absolute atomic E-state index is 5.02. The van der Waals surface area contributed by atoms with Gasteiger partial charge in [0.1, 0.15) is 0 Å². The van der Waals surface area contributed by atoms with Crippen molar-refractivity contribution in [3.8, 4) is 0 Å². The predicted molar refractivity (Wildman–Crippen MR) is 77.4 cm³/mol. The summed E-state index contributed by atoms with van der Waals surface area (Å²) in [4.78, 5) is 4.05. The van der Waals surface area contributed by atoms with Gasteiger partial charge in [-0.15, -0.1) is 0 Å². The molecule has 2 aromatic rings. The van der Waals surface area contributed by atoms with Gasteiger partial charge in [-0.05, 0) is 29.4 Å². The molecule has 0 aliphatic heterocycles. The molecule has 0 amide bonds. The zero-order valence-electron chi connectivity index (χ0n) is 12.1. The molecule has 1 aliphatic carbocycles. The highest BCUT2D eigenvalue weighted by Crippen LogP contribution is 2.41. The number of aromatic nitrogens is 2. The standard InChI is InChI=1S/C16H21N3O/c1-16(2)9-7-14(12-5-3-4-6-13(12)16)17-10-8-15-18-11-19-20-15/h3-6,11,14,17H,7-10H2,1-2H3. The highest BCUT2D eigenvalue weighted by Gasteiger charge is 2.31. The average molecular weight is 271 g/mol. The van der Waals surface area contributed by atoms with Crippen LogP contribution in [0.3, 0.4) is 0 Å². The molecule has 4 nitrogen and oxygen atoms in total. The Labute approximate surface area is 119 Å². The second-order valence-corrected chi connectivity index (χ2v) is 6.10. The van der Waals surface area contributed by atoms with Crippen LogP contribution in [-0.4, -0.2) is 16.7 Å². The van der Waals surface area contributed by atoms with E-state index >= 15 is 0 Å². The molecule has 4 heteroatoms. The summed E-state index contributed by atoms with van der Waals surface area (Å²) in [7, 11) is 0. The van der Waals surface area contributed by atoms with Gasteiger partial charge in [0.05, 0.1) is 0 Å². The summed E-state index contributed by atoms with van der Waals surface area (Å²) in [5, 5.41) is 7.25. The summed E-state index contributed by atoms with van der Waals surface area (Å²) in [6.45, 7) is 5.53. The number of hydrogen-bond donors (Lipinski definition) is 1. The molecule has 1 aromatic heterocycles. The first-order valence-electron chi connectivity index (χ1n) is 7.25. The zero-order valence-corrected chi connectivity index (χ0v) is 12.1. The first-order chi connectivity index (χ1) is 9.67. The summed E-state index contributed by atoms with van der Waals surface area (Å²) in [6, 6.07) is 9.22. The number of fused-ring (bicyclic) bond motifs is 1. The van der Waals surface area contributed by atoms with Crippen molar-refractivity contribution in [2.24, 2.45) is 0 Å². The Hall–Kier alpha value is -1.68. The number of hydrogen-bond acceptors (Lipinski definition) is 4. The van der Waals surface area contributed by atoms with Crippen LogP contribution in [0.2, 0.25) is 0 Å². The van der Waals surface area contributed by atoms with Crippen molar-refractivity contribution in [3.05, 3.63) is 47.6 Å². The van der Waals surface area contributed by atoms with Crippen LogP contribution in [0.25, 0.3) is 0 Å². The van der Waals surface area contributed by atoms with E-state index < -0.39 is 0 Å². The van der Waals surface area contributed by atoms with Gasteiger partial charge < -0.3 is 9.84 Å². The molecule has 0 fully saturated rings. The quantitative estimate of drug-likeness (QED) is 0.928. The molecule has 3 rings (SSSR count). The molecule has 106 valence electrons. The van der Waals surface area contributed by atoms with Gasteiger partial charge in [0.15, 0.2) is 6.33 Å². The largest absolute Gasteiger partial charge is 0.340 e. The van der Waals surface area contributed by atoms with Crippen molar-refractivity contribution >= 4 is 0 Å². The normalized spacial score (nSPS) is 20.6. The minimum Gasteiger partial charge on any atom is -0.340 e. The third-order valence-corrected chi connectivity index (χ3v) is 4.26.